The number of likely N-dealkylation sites (N-methyl/N-ethyl adjacent to an activating group) is 1. The van der Waals surface area contributed by atoms with Gasteiger partial charge in [-0.25, -0.2) is 0 Å². The molecule has 94 valence electrons. The number of hydrogen-bond donors (Lipinski definition) is 2. The van der Waals surface area contributed by atoms with Gasteiger partial charge in [-0.2, -0.15) is 0 Å². The summed E-state index contributed by atoms with van der Waals surface area (Å²) in [5, 5.41) is 12.3. The van der Waals surface area contributed by atoms with Crippen molar-refractivity contribution in [2.75, 3.05) is 20.1 Å². The van der Waals surface area contributed by atoms with Crippen LogP contribution < -0.4 is 5.32 Å². The summed E-state index contributed by atoms with van der Waals surface area (Å²) in [6, 6.07) is 0.00369. The van der Waals surface area contributed by atoms with Crippen LogP contribution in [0.1, 0.15) is 33.6 Å². The lowest BCUT2D eigenvalue weighted by atomic mass is 9.96. The van der Waals surface area contributed by atoms with Crippen molar-refractivity contribution in [2.24, 2.45) is 5.41 Å². The van der Waals surface area contributed by atoms with Gasteiger partial charge in [-0.05, 0) is 25.3 Å². The second kappa shape index (κ2) is 5.15. The van der Waals surface area contributed by atoms with Gasteiger partial charge in [0.25, 0.3) is 0 Å². The highest BCUT2D eigenvalue weighted by Gasteiger charge is 2.29. The van der Waals surface area contributed by atoms with Gasteiger partial charge in [0, 0.05) is 19.1 Å². The summed E-state index contributed by atoms with van der Waals surface area (Å²) in [4.78, 5) is 13.2. The molecule has 4 heteroatoms. The van der Waals surface area contributed by atoms with E-state index in [-0.39, 0.29) is 5.41 Å². The first-order chi connectivity index (χ1) is 7.28. The van der Waals surface area contributed by atoms with Crippen LogP contribution in [0.2, 0.25) is 0 Å². The van der Waals surface area contributed by atoms with Gasteiger partial charge < -0.3 is 15.3 Å². The minimum absolute atomic E-state index is 0.206. The molecule has 0 aromatic rings. The van der Waals surface area contributed by atoms with E-state index in [1.54, 1.807) is 0 Å². The van der Waals surface area contributed by atoms with E-state index in [4.69, 9.17) is 5.11 Å². The van der Waals surface area contributed by atoms with E-state index in [2.05, 4.69) is 31.0 Å². The molecular formula is C12H24N2O2. The van der Waals surface area contributed by atoms with Crippen LogP contribution in [-0.4, -0.2) is 48.2 Å². The van der Waals surface area contributed by atoms with E-state index < -0.39 is 12.0 Å². The van der Waals surface area contributed by atoms with Crippen LogP contribution in [0.3, 0.4) is 0 Å². The zero-order valence-electron chi connectivity index (χ0n) is 10.8. The van der Waals surface area contributed by atoms with Gasteiger partial charge in [0.1, 0.15) is 6.04 Å². The van der Waals surface area contributed by atoms with Gasteiger partial charge in [-0.15, -0.1) is 0 Å². The average Bonchev–Trinajstić information content (AvgIpc) is 2.82. The van der Waals surface area contributed by atoms with Crippen molar-refractivity contribution < 1.29 is 9.90 Å². The molecule has 1 atom stereocenters. The molecule has 1 fully saturated rings. The Kier molecular flexibility index (Phi) is 4.33. The summed E-state index contributed by atoms with van der Waals surface area (Å²) < 4.78 is 0. The number of carbonyl (C=O) groups is 1. The fourth-order valence-electron chi connectivity index (χ4n) is 1.92. The second-order valence-corrected chi connectivity index (χ2v) is 6.09. The zero-order chi connectivity index (χ0) is 12.3. The molecular weight excluding hydrogens is 204 g/mol. The van der Waals surface area contributed by atoms with Crippen LogP contribution >= 0.6 is 0 Å². The van der Waals surface area contributed by atoms with E-state index in [0.717, 1.165) is 19.4 Å². The first kappa shape index (κ1) is 13.5. The van der Waals surface area contributed by atoms with Crippen molar-refractivity contribution in [1.29, 1.82) is 0 Å². The molecule has 1 rings (SSSR count). The van der Waals surface area contributed by atoms with Gasteiger partial charge >= 0.3 is 5.97 Å². The predicted molar refractivity (Wildman–Crippen MR) is 64.5 cm³/mol. The number of hydrogen-bond acceptors (Lipinski definition) is 3. The van der Waals surface area contributed by atoms with E-state index in [9.17, 15) is 4.79 Å². The zero-order valence-corrected chi connectivity index (χ0v) is 10.8. The first-order valence-corrected chi connectivity index (χ1v) is 5.95. The lowest BCUT2D eigenvalue weighted by Crippen LogP contribution is -2.47. The normalized spacial score (nSPS) is 18.8. The quantitative estimate of drug-likeness (QED) is 0.716. The Balaban J connectivity index is 2.37. The standard InChI is InChI=1S/C12H24N2O2/c1-12(2,3)8-14(4)7-10(11(15)16)13-9-5-6-9/h9-10,13H,5-8H2,1-4H3,(H,15,16). The molecule has 0 heterocycles. The van der Waals surface area contributed by atoms with Crippen molar-refractivity contribution in [3.05, 3.63) is 0 Å². The highest BCUT2D eigenvalue weighted by molar-refractivity contribution is 5.73. The van der Waals surface area contributed by atoms with Crippen LogP contribution in [-0.2, 0) is 4.79 Å². The number of nitrogens with zero attached hydrogens (tertiary/aromatic N) is 1. The number of carboxylic acid groups (broad SMARTS) is 1. The SMILES string of the molecule is CN(CC(NC1CC1)C(=O)O)CC(C)(C)C. The molecule has 0 bridgehead atoms. The smallest absolute Gasteiger partial charge is 0.322 e. The minimum Gasteiger partial charge on any atom is -0.480 e. The molecule has 0 radical (unpaired) electrons. The Labute approximate surface area is 98.0 Å². The van der Waals surface area contributed by atoms with Gasteiger partial charge in [0.05, 0.1) is 0 Å². The van der Waals surface area contributed by atoms with Crippen LogP contribution in [0.15, 0.2) is 0 Å². The molecule has 0 aromatic heterocycles. The Bertz CT molecular complexity index is 244. The van der Waals surface area contributed by atoms with Gasteiger partial charge in [0.2, 0.25) is 0 Å². The molecule has 2 N–H and O–H groups in total. The molecule has 1 unspecified atom stereocenters. The lowest BCUT2D eigenvalue weighted by molar-refractivity contribution is -0.140. The summed E-state index contributed by atoms with van der Waals surface area (Å²) in [6.07, 6.45) is 2.24. The van der Waals surface area contributed by atoms with Crippen molar-refractivity contribution in [3.63, 3.8) is 0 Å². The first-order valence-electron chi connectivity index (χ1n) is 5.95. The largest absolute Gasteiger partial charge is 0.480 e. The number of carboxylic acids is 1. The minimum atomic E-state index is -0.743. The number of nitrogens with one attached hydrogen (secondary N) is 1. The van der Waals surface area contributed by atoms with Crippen molar-refractivity contribution in [3.8, 4) is 0 Å². The summed E-state index contributed by atoms with van der Waals surface area (Å²) in [6.45, 7) is 7.96. The maximum Gasteiger partial charge on any atom is 0.322 e. The van der Waals surface area contributed by atoms with Gasteiger partial charge in [-0.1, -0.05) is 20.8 Å². The molecule has 1 aliphatic rings. The molecule has 0 aromatic carbocycles. The molecule has 1 saturated carbocycles. The third kappa shape index (κ3) is 5.47. The van der Waals surface area contributed by atoms with Crippen LogP contribution in [0.4, 0.5) is 0 Å². The van der Waals surface area contributed by atoms with E-state index >= 15 is 0 Å². The molecule has 1 aliphatic carbocycles. The molecule has 16 heavy (non-hydrogen) atoms. The summed E-state index contributed by atoms with van der Waals surface area (Å²) in [5.41, 5.74) is 0.206. The fourth-order valence-corrected chi connectivity index (χ4v) is 1.92. The second-order valence-electron chi connectivity index (χ2n) is 6.09. The highest BCUT2D eigenvalue weighted by Crippen LogP contribution is 2.20. The van der Waals surface area contributed by atoms with E-state index in [1.165, 1.54) is 0 Å². The third-order valence-electron chi connectivity index (χ3n) is 2.55. The molecule has 0 amide bonds. The van der Waals surface area contributed by atoms with Gasteiger partial charge in [-0.3, -0.25) is 4.79 Å². The Morgan fingerprint density at radius 1 is 1.50 bits per heavy atom. The maximum absolute atomic E-state index is 11.1. The van der Waals surface area contributed by atoms with Gasteiger partial charge in [0.15, 0.2) is 0 Å². The maximum atomic E-state index is 11.1. The Morgan fingerprint density at radius 3 is 2.44 bits per heavy atom. The lowest BCUT2D eigenvalue weighted by Gasteiger charge is -2.28. The van der Waals surface area contributed by atoms with Crippen molar-refractivity contribution in [2.45, 2.75) is 45.7 Å². The highest BCUT2D eigenvalue weighted by atomic mass is 16.4. The van der Waals surface area contributed by atoms with E-state index in [1.807, 2.05) is 7.05 Å². The van der Waals surface area contributed by atoms with Crippen LogP contribution in [0.25, 0.3) is 0 Å². The van der Waals surface area contributed by atoms with Crippen molar-refractivity contribution in [1.82, 2.24) is 10.2 Å². The molecule has 0 aliphatic heterocycles. The van der Waals surface area contributed by atoms with Crippen LogP contribution in [0, 0.1) is 5.41 Å². The fraction of sp³-hybridized carbons (Fsp3) is 0.917. The Hall–Kier alpha value is -0.610. The Morgan fingerprint density at radius 2 is 2.06 bits per heavy atom. The summed E-state index contributed by atoms with van der Waals surface area (Å²) in [7, 11) is 1.98. The number of aliphatic carboxylic acids is 1. The third-order valence-corrected chi connectivity index (χ3v) is 2.55. The number of rotatable bonds is 6. The average molecular weight is 228 g/mol. The van der Waals surface area contributed by atoms with E-state index in [0.29, 0.717) is 12.6 Å². The van der Waals surface area contributed by atoms with Crippen LogP contribution in [0.5, 0.6) is 0 Å². The monoisotopic (exact) mass is 228 g/mol. The van der Waals surface area contributed by atoms with Crippen molar-refractivity contribution >= 4 is 5.97 Å². The molecule has 0 saturated heterocycles. The summed E-state index contributed by atoms with van der Waals surface area (Å²) in [5.74, 6) is -0.743. The topological polar surface area (TPSA) is 52.6 Å². The summed E-state index contributed by atoms with van der Waals surface area (Å²) >= 11 is 0. The predicted octanol–water partition coefficient (Wildman–Crippen LogP) is 1.17. The molecule has 0 spiro atoms. The molecule has 4 nitrogen and oxygen atoms in total.